The van der Waals surface area contributed by atoms with Gasteiger partial charge in [-0.15, -0.1) is 0 Å². The number of aliphatic hydroxyl groups excluding tert-OH is 1. The molecular weight excluding hydrogens is 280 g/mol. The molecule has 0 aliphatic heterocycles. The van der Waals surface area contributed by atoms with Gasteiger partial charge in [0, 0.05) is 31.3 Å². The van der Waals surface area contributed by atoms with Crippen molar-refractivity contribution < 1.29 is 10.0 Å². The second kappa shape index (κ2) is 7.70. The van der Waals surface area contributed by atoms with Crippen molar-refractivity contribution in [1.29, 1.82) is 0 Å². The molecule has 0 heterocycles. The molecular formula is C17H26N2O3. The van der Waals surface area contributed by atoms with Gasteiger partial charge in [0.15, 0.2) is 0 Å². The highest BCUT2D eigenvalue weighted by Gasteiger charge is 2.30. The van der Waals surface area contributed by atoms with Gasteiger partial charge in [-0.1, -0.05) is 31.4 Å². The molecule has 2 N–H and O–H groups in total. The molecule has 0 saturated heterocycles. The Morgan fingerprint density at radius 1 is 1.32 bits per heavy atom. The molecule has 1 fully saturated rings. The van der Waals surface area contributed by atoms with Gasteiger partial charge in [-0.2, -0.15) is 0 Å². The first-order chi connectivity index (χ1) is 10.6. The molecule has 0 aromatic heterocycles. The molecule has 0 atom stereocenters. The number of nitro groups is 1. The summed E-state index contributed by atoms with van der Waals surface area (Å²) in [6, 6.07) is 5.40. The minimum atomic E-state index is -0.326. The number of nitrogens with zero attached hydrogens (tertiary/aromatic N) is 1. The second-order valence-corrected chi connectivity index (χ2v) is 6.52. The molecule has 0 bridgehead atoms. The van der Waals surface area contributed by atoms with Crippen molar-refractivity contribution in [2.45, 2.75) is 52.0 Å². The molecule has 0 unspecified atom stereocenters. The van der Waals surface area contributed by atoms with Crippen LogP contribution in [0.5, 0.6) is 0 Å². The minimum Gasteiger partial charge on any atom is -0.396 e. The van der Waals surface area contributed by atoms with E-state index in [0.717, 1.165) is 31.4 Å². The summed E-state index contributed by atoms with van der Waals surface area (Å²) in [5.41, 5.74) is 2.01. The van der Waals surface area contributed by atoms with Crippen molar-refractivity contribution in [3.05, 3.63) is 39.4 Å². The van der Waals surface area contributed by atoms with Crippen molar-refractivity contribution in [2.75, 3.05) is 13.2 Å². The van der Waals surface area contributed by atoms with E-state index in [4.69, 9.17) is 0 Å². The van der Waals surface area contributed by atoms with E-state index in [1.807, 2.05) is 6.07 Å². The van der Waals surface area contributed by atoms with Crippen LogP contribution in [0.15, 0.2) is 18.2 Å². The maximum atomic E-state index is 11.0. The van der Waals surface area contributed by atoms with E-state index in [-0.39, 0.29) is 22.6 Å². The van der Waals surface area contributed by atoms with Gasteiger partial charge in [0.25, 0.3) is 5.69 Å². The third-order valence-electron chi connectivity index (χ3n) is 4.86. The zero-order valence-corrected chi connectivity index (χ0v) is 13.3. The Morgan fingerprint density at radius 3 is 2.68 bits per heavy atom. The number of aryl methyl sites for hydroxylation is 1. The lowest BCUT2D eigenvalue weighted by Crippen LogP contribution is -2.36. The lowest BCUT2D eigenvalue weighted by atomic mass is 9.72. The van der Waals surface area contributed by atoms with Crippen LogP contribution in [0.25, 0.3) is 0 Å². The topological polar surface area (TPSA) is 75.4 Å². The van der Waals surface area contributed by atoms with Crippen LogP contribution in [0.1, 0.15) is 49.7 Å². The van der Waals surface area contributed by atoms with Crippen LogP contribution >= 0.6 is 0 Å². The number of nitrogens with one attached hydrogen (secondary N) is 1. The van der Waals surface area contributed by atoms with Crippen LogP contribution in [-0.4, -0.2) is 23.2 Å². The van der Waals surface area contributed by atoms with Crippen LogP contribution in [0, 0.1) is 22.5 Å². The molecule has 1 aromatic rings. The van der Waals surface area contributed by atoms with Crippen molar-refractivity contribution in [1.82, 2.24) is 5.32 Å². The van der Waals surface area contributed by atoms with E-state index in [1.54, 1.807) is 19.1 Å². The first-order valence-corrected chi connectivity index (χ1v) is 8.12. The Morgan fingerprint density at radius 2 is 2.05 bits per heavy atom. The summed E-state index contributed by atoms with van der Waals surface area (Å²) in [6.45, 7) is 3.49. The Kier molecular flexibility index (Phi) is 5.91. The Balaban J connectivity index is 1.94. The number of rotatable bonds is 7. The second-order valence-electron chi connectivity index (χ2n) is 6.52. The average molecular weight is 306 g/mol. The standard InChI is InChI=1S/C17H26N2O3/c1-14-5-6-15(11-16(14)19(21)22)12-18-13-17(9-10-20)7-3-2-4-8-17/h5-6,11,18,20H,2-4,7-10,12-13H2,1H3. The molecule has 1 aliphatic carbocycles. The lowest BCUT2D eigenvalue weighted by molar-refractivity contribution is -0.385. The summed E-state index contributed by atoms with van der Waals surface area (Å²) >= 11 is 0. The monoisotopic (exact) mass is 306 g/mol. The number of aliphatic hydroxyl groups is 1. The maximum Gasteiger partial charge on any atom is 0.272 e. The molecule has 0 radical (unpaired) electrons. The van der Waals surface area contributed by atoms with Crippen LogP contribution in [0.3, 0.4) is 0 Å². The van der Waals surface area contributed by atoms with Gasteiger partial charge in [-0.25, -0.2) is 0 Å². The third kappa shape index (κ3) is 4.27. The summed E-state index contributed by atoms with van der Waals surface area (Å²) in [6.07, 6.45) is 6.92. The first kappa shape index (κ1) is 16.9. The molecule has 1 saturated carbocycles. The number of hydrogen-bond acceptors (Lipinski definition) is 4. The predicted molar refractivity (Wildman–Crippen MR) is 86.8 cm³/mol. The fraction of sp³-hybridized carbons (Fsp3) is 0.647. The van der Waals surface area contributed by atoms with E-state index in [0.29, 0.717) is 12.1 Å². The zero-order valence-electron chi connectivity index (χ0n) is 13.3. The molecule has 2 rings (SSSR count). The van der Waals surface area contributed by atoms with Gasteiger partial charge in [0.05, 0.1) is 4.92 Å². The number of hydrogen-bond donors (Lipinski definition) is 2. The minimum absolute atomic E-state index is 0.182. The molecule has 0 spiro atoms. The van der Waals surface area contributed by atoms with Crippen molar-refractivity contribution >= 4 is 5.69 Å². The Bertz CT molecular complexity index is 505. The van der Waals surface area contributed by atoms with E-state index in [1.165, 1.54) is 19.3 Å². The Hall–Kier alpha value is -1.46. The highest BCUT2D eigenvalue weighted by atomic mass is 16.6. The summed E-state index contributed by atoms with van der Waals surface area (Å²) < 4.78 is 0. The number of benzene rings is 1. The molecule has 122 valence electrons. The highest BCUT2D eigenvalue weighted by molar-refractivity contribution is 5.42. The van der Waals surface area contributed by atoms with E-state index in [2.05, 4.69) is 5.32 Å². The molecule has 1 aromatic carbocycles. The SMILES string of the molecule is Cc1ccc(CNCC2(CCO)CCCCC2)cc1[N+](=O)[O-]. The van der Waals surface area contributed by atoms with Crippen LogP contribution in [0.2, 0.25) is 0 Å². The molecule has 1 aliphatic rings. The van der Waals surface area contributed by atoms with Gasteiger partial charge in [0.2, 0.25) is 0 Å². The first-order valence-electron chi connectivity index (χ1n) is 8.12. The van der Waals surface area contributed by atoms with Gasteiger partial charge >= 0.3 is 0 Å². The van der Waals surface area contributed by atoms with E-state index < -0.39 is 0 Å². The number of nitro benzene ring substituents is 1. The summed E-state index contributed by atoms with van der Waals surface area (Å²) in [7, 11) is 0. The molecule has 0 amide bonds. The van der Waals surface area contributed by atoms with Crippen molar-refractivity contribution in [2.24, 2.45) is 5.41 Å². The van der Waals surface area contributed by atoms with Gasteiger partial charge in [-0.05, 0) is 37.2 Å². The Labute approximate surface area is 131 Å². The largest absolute Gasteiger partial charge is 0.396 e. The van der Waals surface area contributed by atoms with Crippen LogP contribution in [0.4, 0.5) is 5.69 Å². The average Bonchev–Trinajstić information content (AvgIpc) is 2.50. The van der Waals surface area contributed by atoms with Gasteiger partial charge < -0.3 is 10.4 Å². The highest BCUT2D eigenvalue weighted by Crippen LogP contribution is 2.38. The van der Waals surface area contributed by atoms with Crippen molar-refractivity contribution in [3.8, 4) is 0 Å². The summed E-state index contributed by atoms with van der Waals surface area (Å²) in [5.74, 6) is 0. The zero-order chi connectivity index (χ0) is 16.0. The molecule has 5 nitrogen and oxygen atoms in total. The quantitative estimate of drug-likeness (QED) is 0.598. The third-order valence-corrected chi connectivity index (χ3v) is 4.86. The van der Waals surface area contributed by atoms with Crippen LogP contribution in [-0.2, 0) is 6.54 Å². The maximum absolute atomic E-state index is 11.0. The summed E-state index contributed by atoms with van der Waals surface area (Å²) in [4.78, 5) is 10.7. The fourth-order valence-corrected chi connectivity index (χ4v) is 3.49. The smallest absolute Gasteiger partial charge is 0.272 e. The molecule has 5 heteroatoms. The van der Waals surface area contributed by atoms with Gasteiger partial charge in [0.1, 0.15) is 0 Å². The normalized spacial score (nSPS) is 17.4. The van der Waals surface area contributed by atoms with Gasteiger partial charge in [-0.3, -0.25) is 10.1 Å². The van der Waals surface area contributed by atoms with Crippen LogP contribution < -0.4 is 5.32 Å². The van der Waals surface area contributed by atoms with E-state index >= 15 is 0 Å². The lowest BCUT2D eigenvalue weighted by Gasteiger charge is -2.37. The predicted octanol–water partition coefficient (Wildman–Crippen LogP) is 3.33. The fourth-order valence-electron chi connectivity index (χ4n) is 3.49. The van der Waals surface area contributed by atoms with Crippen molar-refractivity contribution in [3.63, 3.8) is 0 Å². The summed E-state index contributed by atoms with van der Waals surface area (Å²) in [5, 5.41) is 23.8. The van der Waals surface area contributed by atoms with E-state index in [9.17, 15) is 15.2 Å². The molecule has 22 heavy (non-hydrogen) atoms.